The molecule has 1 saturated carbocycles. The minimum atomic E-state index is -1.10. The maximum absolute atomic E-state index is 13.6. The van der Waals surface area contributed by atoms with E-state index in [4.69, 9.17) is 5.73 Å². The zero-order valence-electron chi connectivity index (χ0n) is 23.0. The van der Waals surface area contributed by atoms with Crippen molar-refractivity contribution in [3.8, 4) is 0 Å². The summed E-state index contributed by atoms with van der Waals surface area (Å²) in [7, 11) is 0. The van der Waals surface area contributed by atoms with Crippen molar-refractivity contribution in [1.29, 1.82) is 0 Å². The molecule has 212 valence electrons. The predicted molar refractivity (Wildman–Crippen MR) is 151 cm³/mol. The van der Waals surface area contributed by atoms with Crippen molar-refractivity contribution in [1.82, 2.24) is 14.5 Å². The largest absolute Gasteiger partial charge is 0.394 e. The number of carbonyl (C=O) groups excluding carboxylic acids is 1. The van der Waals surface area contributed by atoms with Gasteiger partial charge in [-0.15, -0.1) is 0 Å². The van der Waals surface area contributed by atoms with Crippen LogP contribution in [0.1, 0.15) is 68.3 Å². The number of fused-ring (bicyclic) bond motifs is 1. The Balaban J connectivity index is 1.68. The molecule has 9 nitrogen and oxygen atoms in total. The Bertz CT molecular complexity index is 1320. The van der Waals surface area contributed by atoms with E-state index in [1.807, 2.05) is 6.07 Å². The summed E-state index contributed by atoms with van der Waals surface area (Å²) in [6, 6.07) is 12.8. The van der Waals surface area contributed by atoms with Crippen LogP contribution in [-0.4, -0.2) is 49.6 Å². The lowest BCUT2D eigenvalue weighted by molar-refractivity contribution is -0.0297. The van der Waals surface area contributed by atoms with Gasteiger partial charge >= 0.3 is 5.69 Å². The van der Waals surface area contributed by atoms with Gasteiger partial charge in [0.25, 0.3) is 5.91 Å². The highest BCUT2D eigenvalue weighted by atomic mass is 16.3. The van der Waals surface area contributed by atoms with Gasteiger partial charge in [0.15, 0.2) is 0 Å². The minimum Gasteiger partial charge on any atom is -0.394 e. The number of benzene rings is 2. The smallest absolute Gasteiger partial charge is 0.331 e. The van der Waals surface area contributed by atoms with Crippen LogP contribution in [0.4, 0.5) is 0 Å². The van der Waals surface area contributed by atoms with E-state index in [1.165, 1.54) is 9.13 Å². The number of amides is 1. The van der Waals surface area contributed by atoms with Crippen LogP contribution < -0.4 is 16.7 Å². The van der Waals surface area contributed by atoms with Crippen LogP contribution >= 0.6 is 0 Å². The first-order valence-electron chi connectivity index (χ1n) is 14.0. The molecule has 0 saturated heterocycles. The van der Waals surface area contributed by atoms with Gasteiger partial charge in [-0.05, 0) is 54.4 Å². The molecule has 0 spiro atoms. The van der Waals surface area contributed by atoms with E-state index in [1.54, 1.807) is 42.5 Å². The zero-order chi connectivity index (χ0) is 28.3. The van der Waals surface area contributed by atoms with Crippen LogP contribution in [0.25, 0.3) is 11.0 Å². The molecule has 1 aromatic heterocycles. The Morgan fingerprint density at radius 1 is 1.08 bits per heavy atom. The maximum atomic E-state index is 13.6. The summed E-state index contributed by atoms with van der Waals surface area (Å²) >= 11 is 0. The first-order valence-corrected chi connectivity index (χ1v) is 14.0. The summed E-state index contributed by atoms with van der Waals surface area (Å²) in [5, 5.41) is 34.9. The van der Waals surface area contributed by atoms with Gasteiger partial charge in [-0.3, -0.25) is 13.9 Å². The lowest BCUT2D eigenvalue weighted by Crippen LogP contribution is -2.42. The van der Waals surface area contributed by atoms with Crippen LogP contribution in [0.2, 0.25) is 0 Å². The van der Waals surface area contributed by atoms with Crippen LogP contribution in [0.5, 0.6) is 0 Å². The Morgan fingerprint density at radius 2 is 1.79 bits per heavy atom. The molecule has 4 rings (SSSR count). The van der Waals surface area contributed by atoms with Crippen LogP contribution in [-0.2, 0) is 6.54 Å². The van der Waals surface area contributed by atoms with Crippen molar-refractivity contribution in [2.24, 2.45) is 29.4 Å². The van der Waals surface area contributed by atoms with E-state index in [0.29, 0.717) is 34.4 Å². The standard InChI is InChI=1S/C30H42N4O5/c1-18(2)22-11-9-19(3)15-23(22)29(38)34-25-12-10-21(16-26(25)33(14-13-31)30(34)39)28(37)32-24(17-35)27(36)20-7-5-4-6-8-20/h4-8,10,12,16,18-19,22-24,27,29,35-36,38H,9,11,13-15,17,31H2,1-3H3,(H,32,37)/t19-,22+,23-,24+,27+,29?/m1/s1. The molecule has 1 fully saturated rings. The summed E-state index contributed by atoms with van der Waals surface area (Å²) < 4.78 is 2.97. The molecular weight excluding hydrogens is 496 g/mol. The van der Waals surface area contributed by atoms with Crippen molar-refractivity contribution in [2.45, 2.75) is 65.0 Å². The lowest BCUT2D eigenvalue weighted by Gasteiger charge is -2.40. The molecule has 9 heteroatoms. The number of nitrogens with zero attached hydrogens (tertiary/aromatic N) is 2. The number of nitrogens with one attached hydrogen (secondary N) is 1. The Hall–Kier alpha value is -2.98. The SMILES string of the molecule is CC(C)[C@@H]1CC[C@@H](C)C[C@H]1C(O)n1c(=O)n(CCN)c2cc(C(=O)N[C@@H](CO)[C@@H](O)c3ccccc3)ccc21. The molecule has 0 bridgehead atoms. The third-order valence-electron chi connectivity index (χ3n) is 8.33. The normalized spacial score (nSPS) is 22.1. The highest BCUT2D eigenvalue weighted by molar-refractivity contribution is 5.97. The quantitative estimate of drug-likeness (QED) is 0.269. The van der Waals surface area contributed by atoms with Crippen LogP contribution in [0.3, 0.4) is 0 Å². The molecular formula is C30H42N4O5. The summed E-state index contributed by atoms with van der Waals surface area (Å²) in [5.74, 6) is 0.593. The number of nitrogens with two attached hydrogens (primary N) is 1. The Kier molecular flexibility index (Phi) is 9.27. The van der Waals surface area contributed by atoms with Crippen molar-refractivity contribution >= 4 is 16.9 Å². The van der Waals surface area contributed by atoms with Crippen molar-refractivity contribution in [2.75, 3.05) is 13.2 Å². The number of carbonyl (C=O) groups is 1. The fraction of sp³-hybridized carbons (Fsp3) is 0.533. The maximum Gasteiger partial charge on any atom is 0.331 e. The number of aliphatic hydroxyl groups excluding tert-OH is 3. The number of imidazole rings is 1. The number of aromatic nitrogens is 2. The molecule has 1 aliphatic carbocycles. The summed E-state index contributed by atoms with van der Waals surface area (Å²) in [4.78, 5) is 26.8. The molecule has 0 aliphatic heterocycles. The van der Waals surface area contributed by atoms with Crippen LogP contribution in [0, 0.1) is 23.7 Å². The second kappa shape index (κ2) is 12.5. The van der Waals surface area contributed by atoms with E-state index < -0.39 is 30.9 Å². The van der Waals surface area contributed by atoms with Gasteiger partial charge in [-0.25, -0.2) is 4.79 Å². The van der Waals surface area contributed by atoms with E-state index in [9.17, 15) is 24.9 Å². The molecule has 0 radical (unpaired) electrons. The van der Waals surface area contributed by atoms with E-state index in [0.717, 1.165) is 19.3 Å². The molecule has 1 unspecified atom stereocenters. The third-order valence-corrected chi connectivity index (χ3v) is 8.33. The van der Waals surface area contributed by atoms with Crippen molar-refractivity contribution in [3.05, 3.63) is 70.1 Å². The van der Waals surface area contributed by atoms with Gasteiger partial charge in [0, 0.05) is 24.6 Å². The van der Waals surface area contributed by atoms with E-state index in [2.05, 4.69) is 26.1 Å². The molecule has 1 heterocycles. The number of rotatable bonds is 10. The predicted octanol–water partition coefficient (Wildman–Crippen LogP) is 2.79. The van der Waals surface area contributed by atoms with Gasteiger partial charge in [0.1, 0.15) is 12.3 Å². The molecule has 6 atom stereocenters. The molecule has 3 aromatic rings. The van der Waals surface area contributed by atoms with Gasteiger partial charge in [0.05, 0.1) is 23.7 Å². The average Bonchev–Trinajstić information content (AvgIpc) is 3.21. The summed E-state index contributed by atoms with van der Waals surface area (Å²) in [6.07, 6.45) is 0.882. The molecule has 2 aromatic carbocycles. The lowest BCUT2D eigenvalue weighted by atomic mass is 9.69. The second-order valence-corrected chi connectivity index (χ2v) is 11.3. The first-order chi connectivity index (χ1) is 18.7. The van der Waals surface area contributed by atoms with E-state index >= 15 is 0 Å². The fourth-order valence-electron chi connectivity index (χ4n) is 6.19. The number of hydrogen-bond donors (Lipinski definition) is 5. The van der Waals surface area contributed by atoms with Crippen molar-refractivity contribution < 1.29 is 20.1 Å². The highest BCUT2D eigenvalue weighted by Gasteiger charge is 2.37. The zero-order valence-corrected chi connectivity index (χ0v) is 23.0. The van der Waals surface area contributed by atoms with Gasteiger partial charge < -0.3 is 26.4 Å². The third kappa shape index (κ3) is 5.96. The molecule has 1 aliphatic rings. The highest BCUT2D eigenvalue weighted by Crippen LogP contribution is 2.43. The van der Waals surface area contributed by atoms with Crippen molar-refractivity contribution in [3.63, 3.8) is 0 Å². The van der Waals surface area contributed by atoms with Gasteiger partial charge in [-0.1, -0.05) is 57.5 Å². The number of aliphatic hydroxyl groups is 3. The molecule has 39 heavy (non-hydrogen) atoms. The van der Waals surface area contributed by atoms with E-state index in [-0.39, 0.29) is 30.3 Å². The molecule has 1 amide bonds. The Labute approximate surface area is 229 Å². The fourth-order valence-corrected chi connectivity index (χ4v) is 6.19. The summed E-state index contributed by atoms with van der Waals surface area (Å²) in [5.41, 5.74) is 7.37. The second-order valence-electron chi connectivity index (χ2n) is 11.3. The molecule has 6 N–H and O–H groups in total. The minimum absolute atomic E-state index is 0.0591. The Morgan fingerprint density at radius 3 is 2.44 bits per heavy atom. The topological polar surface area (TPSA) is 143 Å². The van der Waals surface area contributed by atoms with Gasteiger partial charge in [-0.2, -0.15) is 0 Å². The van der Waals surface area contributed by atoms with Gasteiger partial charge in [0.2, 0.25) is 0 Å². The average molecular weight is 539 g/mol. The van der Waals surface area contributed by atoms with Crippen LogP contribution in [0.15, 0.2) is 53.3 Å². The first kappa shape index (κ1) is 29.0. The monoisotopic (exact) mass is 538 g/mol. The summed E-state index contributed by atoms with van der Waals surface area (Å²) in [6.45, 7) is 6.52. The number of hydrogen-bond acceptors (Lipinski definition) is 6.